The molecule has 0 aromatic heterocycles. The summed E-state index contributed by atoms with van der Waals surface area (Å²) in [6.07, 6.45) is 15.0. The predicted octanol–water partition coefficient (Wildman–Crippen LogP) is 6.06. The van der Waals surface area contributed by atoms with Crippen LogP contribution in [0.15, 0.2) is 17.1 Å². The Labute approximate surface area is 132 Å². The number of hydrogen-bond donors (Lipinski definition) is 0. The Morgan fingerprint density at radius 1 is 1.05 bits per heavy atom. The van der Waals surface area contributed by atoms with Gasteiger partial charge in [0.15, 0.2) is 0 Å². The largest absolute Gasteiger partial charge is 0.475 e. The normalized spacial score (nSPS) is 21.2. The molecule has 0 amide bonds. The van der Waals surface area contributed by atoms with E-state index in [1.165, 1.54) is 64.2 Å². The smallest absolute Gasteiger partial charge is 0.211 e. The minimum atomic E-state index is -0.00552. The molecule has 2 nitrogen and oxygen atoms in total. The summed E-state index contributed by atoms with van der Waals surface area (Å²) in [5, 5.41) is 0. The molecule has 0 N–H and O–H groups in total. The van der Waals surface area contributed by atoms with E-state index in [0.717, 1.165) is 24.5 Å². The SMILES string of the molecule is C=C(C)C1=NC(C)(CCCCCCCCCCCC)CO1. The van der Waals surface area contributed by atoms with Crippen molar-refractivity contribution >= 4 is 5.90 Å². The van der Waals surface area contributed by atoms with Crippen LogP contribution in [0.25, 0.3) is 0 Å². The molecule has 0 radical (unpaired) electrons. The highest BCUT2D eigenvalue weighted by Crippen LogP contribution is 2.26. The first-order valence-corrected chi connectivity index (χ1v) is 8.96. The van der Waals surface area contributed by atoms with Gasteiger partial charge in [0.05, 0.1) is 5.54 Å². The van der Waals surface area contributed by atoms with Crippen molar-refractivity contribution in [2.24, 2.45) is 4.99 Å². The van der Waals surface area contributed by atoms with Crippen LogP contribution in [0.3, 0.4) is 0 Å². The summed E-state index contributed by atoms with van der Waals surface area (Å²) in [6, 6.07) is 0. The van der Waals surface area contributed by atoms with Crippen LogP contribution in [-0.2, 0) is 4.74 Å². The summed E-state index contributed by atoms with van der Waals surface area (Å²) < 4.78 is 5.62. The predicted molar refractivity (Wildman–Crippen MR) is 93.1 cm³/mol. The molecule has 0 fully saturated rings. The van der Waals surface area contributed by atoms with E-state index in [1.807, 2.05) is 6.92 Å². The third-order valence-corrected chi connectivity index (χ3v) is 4.33. The van der Waals surface area contributed by atoms with Gasteiger partial charge in [0, 0.05) is 5.57 Å². The Hall–Kier alpha value is -0.790. The average Bonchev–Trinajstić information content (AvgIpc) is 2.84. The van der Waals surface area contributed by atoms with Gasteiger partial charge in [-0.2, -0.15) is 0 Å². The Kier molecular flexibility index (Phi) is 8.72. The molecule has 0 saturated heterocycles. The van der Waals surface area contributed by atoms with Crippen molar-refractivity contribution in [2.75, 3.05) is 6.61 Å². The van der Waals surface area contributed by atoms with Gasteiger partial charge in [-0.3, -0.25) is 0 Å². The van der Waals surface area contributed by atoms with E-state index in [-0.39, 0.29) is 5.54 Å². The molecular formula is C19H35NO. The van der Waals surface area contributed by atoms with Crippen LogP contribution in [-0.4, -0.2) is 18.0 Å². The van der Waals surface area contributed by atoms with Gasteiger partial charge in [-0.25, -0.2) is 4.99 Å². The fourth-order valence-corrected chi connectivity index (χ4v) is 2.87. The number of nitrogens with zero attached hydrogens (tertiary/aromatic N) is 1. The van der Waals surface area contributed by atoms with Crippen LogP contribution in [0.1, 0.15) is 91.4 Å². The van der Waals surface area contributed by atoms with Gasteiger partial charge in [-0.15, -0.1) is 0 Å². The summed E-state index contributed by atoms with van der Waals surface area (Å²) >= 11 is 0. The minimum absolute atomic E-state index is 0.00552. The molecule has 1 aliphatic heterocycles. The Balaban J connectivity index is 1.98. The zero-order chi connectivity index (χ0) is 15.6. The van der Waals surface area contributed by atoms with Crippen LogP contribution >= 0.6 is 0 Å². The van der Waals surface area contributed by atoms with Crippen LogP contribution in [0.5, 0.6) is 0 Å². The maximum Gasteiger partial charge on any atom is 0.211 e. The van der Waals surface area contributed by atoms with E-state index < -0.39 is 0 Å². The van der Waals surface area contributed by atoms with Crippen molar-refractivity contribution in [2.45, 2.75) is 96.9 Å². The second-order valence-electron chi connectivity index (χ2n) is 6.91. The van der Waals surface area contributed by atoms with Crippen LogP contribution in [0, 0.1) is 0 Å². The lowest BCUT2D eigenvalue weighted by Gasteiger charge is -2.17. The number of unbranched alkanes of at least 4 members (excludes halogenated alkanes) is 9. The van der Waals surface area contributed by atoms with Crippen molar-refractivity contribution in [1.82, 2.24) is 0 Å². The van der Waals surface area contributed by atoms with E-state index >= 15 is 0 Å². The number of ether oxygens (including phenoxy) is 1. The van der Waals surface area contributed by atoms with Gasteiger partial charge in [0.1, 0.15) is 6.61 Å². The van der Waals surface area contributed by atoms with E-state index in [2.05, 4.69) is 20.4 Å². The van der Waals surface area contributed by atoms with Gasteiger partial charge in [0.2, 0.25) is 5.90 Å². The second kappa shape index (κ2) is 10.0. The van der Waals surface area contributed by atoms with Crippen molar-refractivity contribution in [3.63, 3.8) is 0 Å². The van der Waals surface area contributed by atoms with Crippen LogP contribution in [0.2, 0.25) is 0 Å². The monoisotopic (exact) mass is 293 g/mol. The highest BCUT2D eigenvalue weighted by atomic mass is 16.5. The average molecular weight is 293 g/mol. The Morgan fingerprint density at radius 2 is 1.57 bits per heavy atom. The maximum absolute atomic E-state index is 5.62. The van der Waals surface area contributed by atoms with Gasteiger partial charge >= 0.3 is 0 Å². The first-order chi connectivity index (χ1) is 10.1. The van der Waals surface area contributed by atoms with Crippen LogP contribution in [0.4, 0.5) is 0 Å². The third-order valence-electron chi connectivity index (χ3n) is 4.33. The highest BCUT2D eigenvalue weighted by Gasteiger charge is 2.31. The summed E-state index contributed by atoms with van der Waals surface area (Å²) in [7, 11) is 0. The minimum Gasteiger partial charge on any atom is -0.475 e. The molecule has 2 heteroatoms. The molecule has 1 unspecified atom stereocenters. The molecule has 1 aliphatic rings. The van der Waals surface area contributed by atoms with E-state index in [9.17, 15) is 0 Å². The Bertz CT molecular complexity index is 334. The Morgan fingerprint density at radius 3 is 2.05 bits per heavy atom. The van der Waals surface area contributed by atoms with Crippen molar-refractivity contribution in [1.29, 1.82) is 0 Å². The molecule has 1 heterocycles. The fourth-order valence-electron chi connectivity index (χ4n) is 2.87. The van der Waals surface area contributed by atoms with Crippen molar-refractivity contribution < 1.29 is 4.74 Å². The highest BCUT2D eigenvalue weighted by molar-refractivity contribution is 5.93. The van der Waals surface area contributed by atoms with Gasteiger partial charge in [-0.1, -0.05) is 77.7 Å². The topological polar surface area (TPSA) is 21.6 Å². The van der Waals surface area contributed by atoms with E-state index in [4.69, 9.17) is 9.73 Å². The molecule has 0 bridgehead atoms. The summed E-state index contributed by atoms with van der Waals surface area (Å²) in [4.78, 5) is 4.69. The molecular weight excluding hydrogens is 258 g/mol. The lowest BCUT2D eigenvalue weighted by atomic mass is 9.96. The number of aliphatic imine (C=N–C) groups is 1. The van der Waals surface area contributed by atoms with E-state index in [0.29, 0.717) is 0 Å². The molecule has 0 saturated carbocycles. The third kappa shape index (κ3) is 7.68. The van der Waals surface area contributed by atoms with Gasteiger partial charge < -0.3 is 4.74 Å². The standard InChI is InChI=1S/C19H35NO/c1-5-6-7-8-9-10-11-12-13-14-15-19(4)16-21-18(20-19)17(2)3/h2,5-16H2,1,3-4H3. The first kappa shape index (κ1) is 18.3. The second-order valence-corrected chi connectivity index (χ2v) is 6.91. The molecule has 0 aromatic carbocycles. The van der Waals surface area contributed by atoms with E-state index in [1.54, 1.807) is 0 Å². The molecule has 0 aromatic rings. The van der Waals surface area contributed by atoms with Crippen molar-refractivity contribution in [3.05, 3.63) is 12.2 Å². The summed E-state index contributed by atoms with van der Waals surface area (Å²) in [6.45, 7) is 11.1. The van der Waals surface area contributed by atoms with Crippen LogP contribution < -0.4 is 0 Å². The number of rotatable bonds is 12. The zero-order valence-corrected chi connectivity index (χ0v) is 14.5. The molecule has 0 spiro atoms. The first-order valence-electron chi connectivity index (χ1n) is 8.96. The molecule has 1 rings (SSSR count). The quantitative estimate of drug-likeness (QED) is 0.401. The lowest BCUT2D eigenvalue weighted by molar-refractivity contribution is 0.253. The lowest BCUT2D eigenvalue weighted by Crippen LogP contribution is -2.23. The molecule has 0 aliphatic carbocycles. The molecule has 122 valence electrons. The number of hydrogen-bond acceptors (Lipinski definition) is 2. The maximum atomic E-state index is 5.62. The molecule has 1 atom stereocenters. The van der Waals surface area contributed by atoms with Gasteiger partial charge in [0.25, 0.3) is 0 Å². The zero-order valence-electron chi connectivity index (χ0n) is 14.5. The summed E-state index contributed by atoms with van der Waals surface area (Å²) in [5.74, 6) is 0.768. The van der Waals surface area contributed by atoms with Crippen molar-refractivity contribution in [3.8, 4) is 0 Å². The van der Waals surface area contributed by atoms with Gasteiger partial charge in [-0.05, 0) is 20.3 Å². The molecule has 21 heavy (non-hydrogen) atoms. The summed E-state index contributed by atoms with van der Waals surface area (Å²) in [5.41, 5.74) is 0.941. The fraction of sp³-hybridized carbons (Fsp3) is 0.842.